The summed E-state index contributed by atoms with van der Waals surface area (Å²) < 4.78 is 32.5. The molecule has 2 N–H and O–H groups in total. The summed E-state index contributed by atoms with van der Waals surface area (Å²) in [6.45, 7) is 4.40. The van der Waals surface area contributed by atoms with E-state index >= 15 is 0 Å². The number of amides is 2. The van der Waals surface area contributed by atoms with E-state index in [4.69, 9.17) is 28.4 Å². The van der Waals surface area contributed by atoms with Gasteiger partial charge in [-0.1, -0.05) is 6.92 Å². The van der Waals surface area contributed by atoms with Crippen molar-refractivity contribution in [2.24, 2.45) is 5.10 Å². The van der Waals surface area contributed by atoms with Crippen molar-refractivity contribution in [3.05, 3.63) is 71.3 Å². The van der Waals surface area contributed by atoms with Crippen LogP contribution < -0.4 is 39.2 Å². The van der Waals surface area contributed by atoms with Gasteiger partial charge >= 0.3 is 5.97 Å². The predicted molar refractivity (Wildman–Crippen MR) is 159 cm³/mol. The zero-order chi connectivity index (χ0) is 31.2. The van der Waals surface area contributed by atoms with Gasteiger partial charge < -0.3 is 33.7 Å². The first-order chi connectivity index (χ1) is 20.8. The Balaban J connectivity index is 1.58. The maximum absolute atomic E-state index is 12.7. The number of rotatable bonds is 15. The Hall–Kier alpha value is -5.26. The lowest BCUT2D eigenvalue weighted by molar-refractivity contribution is -0.120. The number of carbonyl (C=O) groups excluding carboxylic acids is 3. The van der Waals surface area contributed by atoms with Gasteiger partial charge in [-0.15, -0.1) is 0 Å². The van der Waals surface area contributed by atoms with Gasteiger partial charge in [-0.05, 0) is 73.5 Å². The van der Waals surface area contributed by atoms with Crippen LogP contribution in [0.5, 0.6) is 34.5 Å². The summed E-state index contributed by atoms with van der Waals surface area (Å²) in [4.78, 5) is 37.5. The quantitative estimate of drug-likeness (QED) is 0.116. The van der Waals surface area contributed by atoms with E-state index in [-0.39, 0.29) is 17.9 Å². The van der Waals surface area contributed by atoms with E-state index in [1.807, 2.05) is 6.92 Å². The van der Waals surface area contributed by atoms with Crippen LogP contribution in [0.3, 0.4) is 0 Å². The first-order valence-corrected chi connectivity index (χ1v) is 13.4. The molecule has 2 amide bonds. The minimum atomic E-state index is -0.557. The van der Waals surface area contributed by atoms with Crippen molar-refractivity contribution in [2.75, 3.05) is 41.1 Å². The number of hydrogen-bond acceptors (Lipinski definition) is 10. The van der Waals surface area contributed by atoms with Gasteiger partial charge in [0.2, 0.25) is 5.75 Å². The van der Waals surface area contributed by atoms with E-state index in [1.54, 1.807) is 49.4 Å². The summed E-state index contributed by atoms with van der Waals surface area (Å²) in [5.74, 6) is 0.551. The molecule has 3 rings (SSSR count). The number of ether oxygens (including phenoxy) is 6. The van der Waals surface area contributed by atoms with E-state index < -0.39 is 17.8 Å². The lowest BCUT2D eigenvalue weighted by Gasteiger charge is -2.14. The van der Waals surface area contributed by atoms with E-state index in [0.29, 0.717) is 53.1 Å². The third-order valence-electron chi connectivity index (χ3n) is 5.77. The summed E-state index contributed by atoms with van der Waals surface area (Å²) >= 11 is 0. The molecule has 0 aliphatic rings. The van der Waals surface area contributed by atoms with Crippen molar-refractivity contribution in [1.82, 2.24) is 10.7 Å². The van der Waals surface area contributed by atoms with Crippen LogP contribution in [0, 0.1) is 0 Å². The zero-order valence-electron chi connectivity index (χ0n) is 24.7. The molecule has 0 unspecified atom stereocenters. The number of hydrogen-bond donors (Lipinski definition) is 2. The molecule has 0 atom stereocenters. The molecule has 228 valence electrons. The molecule has 43 heavy (non-hydrogen) atoms. The number of esters is 1. The van der Waals surface area contributed by atoms with Crippen LogP contribution >= 0.6 is 0 Å². The highest BCUT2D eigenvalue weighted by Crippen LogP contribution is 2.38. The minimum absolute atomic E-state index is 0.216. The molecular formula is C31H35N3O9. The molecule has 0 aromatic heterocycles. The molecule has 0 heterocycles. The second-order valence-corrected chi connectivity index (χ2v) is 8.79. The Kier molecular flexibility index (Phi) is 12.2. The van der Waals surface area contributed by atoms with Crippen molar-refractivity contribution < 1.29 is 42.8 Å². The molecule has 0 fully saturated rings. The molecule has 12 nitrogen and oxygen atoms in total. The van der Waals surface area contributed by atoms with Crippen LogP contribution in [0.4, 0.5) is 0 Å². The fraction of sp³-hybridized carbons (Fsp3) is 0.290. The van der Waals surface area contributed by atoms with E-state index in [2.05, 4.69) is 15.8 Å². The Morgan fingerprint density at radius 2 is 1.49 bits per heavy atom. The Labute approximate surface area is 249 Å². The Morgan fingerprint density at radius 3 is 2.09 bits per heavy atom. The van der Waals surface area contributed by atoms with Gasteiger partial charge in [-0.25, -0.2) is 10.2 Å². The number of nitrogens with zero attached hydrogens (tertiary/aromatic N) is 1. The third-order valence-corrected chi connectivity index (χ3v) is 5.77. The second kappa shape index (κ2) is 16.2. The van der Waals surface area contributed by atoms with Gasteiger partial charge in [0, 0.05) is 5.56 Å². The Morgan fingerprint density at radius 1 is 0.791 bits per heavy atom. The Bertz CT molecular complexity index is 1410. The van der Waals surface area contributed by atoms with Gasteiger partial charge in [-0.2, -0.15) is 5.10 Å². The first kappa shape index (κ1) is 32.3. The van der Waals surface area contributed by atoms with Crippen LogP contribution in [-0.4, -0.2) is 65.1 Å². The molecular weight excluding hydrogens is 558 g/mol. The molecule has 12 heteroatoms. The molecule has 3 aromatic carbocycles. The van der Waals surface area contributed by atoms with E-state index in [0.717, 1.165) is 6.42 Å². The smallest absolute Gasteiger partial charge is 0.343 e. The number of methoxy groups -OCH3 is 3. The summed E-state index contributed by atoms with van der Waals surface area (Å²) in [5.41, 5.74) is 3.49. The van der Waals surface area contributed by atoms with E-state index in [9.17, 15) is 14.4 Å². The highest BCUT2D eigenvalue weighted by molar-refractivity contribution is 5.97. The molecule has 0 aliphatic heterocycles. The van der Waals surface area contributed by atoms with E-state index in [1.165, 1.54) is 39.7 Å². The third kappa shape index (κ3) is 9.12. The van der Waals surface area contributed by atoms with Gasteiger partial charge in [0.05, 0.1) is 52.9 Å². The van der Waals surface area contributed by atoms with Gasteiger partial charge in [0.15, 0.2) is 23.0 Å². The van der Waals surface area contributed by atoms with Gasteiger partial charge in [0.25, 0.3) is 11.8 Å². The average Bonchev–Trinajstić information content (AvgIpc) is 3.03. The fourth-order valence-electron chi connectivity index (χ4n) is 3.72. The second-order valence-electron chi connectivity index (χ2n) is 8.79. The fourth-order valence-corrected chi connectivity index (χ4v) is 3.72. The number of benzene rings is 3. The molecule has 0 saturated heterocycles. The maximum Gasteiger partial charge on any atom is 0.343 e. The number of hydrazone groups is 1. The summed E-state index contributed by atoms with van der Waals surface area (Å²) in [6, 6.07) is 14.5. The molecule has 0 saturated carbocycles. The average molecular weight is 594 g/mol. The van der Waals surface area contributed by atoms with Gasteiger partial charge in [0.1, 0.15) is 5.75 Å². The molecule has 0 aliphatic carbocycles. The predicted octanol–water partition coefficient (Wildman–Crippen LogP) is 4.00. The highest BCUT2D eigenvalue weighted by Gasteiger charge is 2.18. The summed E-state index contributed by atoms with van der Waals surface area (Å²) in [5, 5.41) is 6.44. The highest BCUT2D eigenvalue weighted by atomic mass is 16.6. The zero-order valence-corrected chi connectivity index (χ0v) is 24.7. The van der Waals surface area contributed by atoms with Crippen LogP contribution in [-0.2, 0) is 4.79 Å². The van der Waals surface area contributed by atoms with Crippen LogP contribution in [0.25, 0.3) is 0 Å². The molecule has 3 aromatic rings. The largest absolute Gasteiger partial charge is 0.494 e. The lowest BCUT2D eigenvalue weighted by Crippen LogP contribution is -2.34. The van der Waals surface area contributed by atoms with Crippen molar-refractivity contribution in [1.29, 1.82) is 0 Å². The van der Waals surface area contributed by atoms with Crippen LogP contribution in [0.2, 0.25) is 0 Å². The monoisotopic (exact) mass is 593 g/mol. The first-order valence-electron chi connectivity index (χ1n) is 13.4. The normalized spacial score (nSPS) is 10.5. The standard InChI is InChI=1S/C31H35N3O9/c1-6-14-42-23-11-9-21(10-12-23)31(37)43-24-13-8-20(15-25(24)41-7-2)18-33-34-28(35)19-32-30(36)22-16-26(38-3)29(40-5)27(17-22)39-4/h8-13,15-18H,6-7,14,19H2,1-5H3,(H,32,36)(H,34,35)/b33-18+. The summed E-state index contributed by atoms with van der Waals surface area (Å²) in [6.07, 6.45) is 2.27. The number of carbonyl (C=O) groups is 3. The van der Waals surface area contributed by atoms with Crippen molar-refractivity contribution >= 4 is 24.0 Å². The maximum atomic E-state index is 12.7. The summed E-state index contributed by atoms with van der Waals surface area (Å²) in [7, 11) is 4.33. The van der Waals surface area contributed by atoms with Crippen LogP contribution in [0.1, 0.15) is 46.5 Å². The molecule has 0 radical (unpaired) electrons. The van der Waals surface area contributed by atoms with Gasteiger partial charge in [-0.3, -0.25) is 9.59 Å². The van der Waals surface area contributed by atoms with Crippen molar-refractivity contribution in [3.8, 4) is 34.5 Å². The van der Waals surface area contributed by atoms with Crippen molar-refractivity contribution in [3.63, 3.8) is 0 Å². The topological polar surface area (TPSA) is 143 Å². The van der Waals surface area contributed by atoms with Crippen LogP contribution in [0.15, 0.2) is 59.7 Å². The molecule has 0 bridgehead atoms. The number of nitrogens with one attached hydrogen (secondary N) is 2. The molecule has 0 spiro atoms. The lowest BCUT2D eigenvalue weighted by atomic mass is 10.1. The van der Waals surface area contributed by atoms with Crippen molar-refractivity contribution in [2.45, 2.75) is 20.3 Å². The minimum Gasteiger partial charge on any atom is -0.494 e. The SMILES string of the molecule is CCCOc1ccc(C(=O)Oc2ccc(/C=N/NC(=O)CNC(=O)c3cc(OC)c(OC)c(OC)c3)cc2OCC)cc1.